The predicted molar refractivity (Wildman–Crippen MR) is 135 cm³/mol. The first-order valence-electron chi connectivity index (χ1n) is 11.5. The van der Waals surface area contributed by atoms with Gasteiger partial charge in [-0.2, -0.15) is 0 Å². The van der Waals surface area contributed by atoms with E-state index >= 15 is 0 Å². The molecule has 0 fully saturated rings. The molecule has 5 heteroatoms. The van der Waals surface area contributed by atoms with Crippen molar-refractivity contribution in [3.63, 3.8) is 0 Å². The van der Waals surface area contributed by atoms with E-state index < -0.39 is 0 Å². The molecule has 0 aliphatic heterocycles. The highest BCUT2D eigenvalue weighted by atomic mass is 32.2. The quantitative estimate of drug-likeness (QED) is 0.254. The number of hydrogen-bond acceptors (Lipinski definition) is 4. The highest BCUT2D eigenvalue weighted by molar-refractivity contribution is 7.97. The molecule has 2 unspecified atom stereocenters. The van der Waals surface area contributed by atoms with Crippen LogP contribution in [0.4, 0.5) is 0 Å². The van der Waals surface area contributed by atoms with E-state index in [1.807, 2.05) is 32.3 Å². The molecule has 0 spiro atoms. The standard InChI is InChI=1S/C24H32N4S.C2H6/c1-5-7-8-21(15-18(3)6-2)27-29-22-11-9-20(10-12-22)17-28-19(4)26-23-16-25-14-13-24(23)28;1-2/h6,9-14,16,18,21,27H,2,5,7-8,15,17H2,1,3-4H3;1-2H3. The number of benzene rings is 1. The fourth-order valence-electron chi connectivity index (χ4n) is 3.52. The molecule has 0 radical (unpaired) electrons. The summed E-state index contributed by atoms with van der Waals surface area (Å²) in [7, 11) is 0. The highest BCUT2D eigenvalue weighted by Crippen LogP contribution is 2.22. The maximum absolute atomic E-state index is 4.61. The van der Waals surface area contributed by atoms with Crippen molar-refractivity contribution in [1.29, 1.82) is 0 Å². The summed E-state index contributed by atoms with van der Waals surface area (Å²) in [5.74, 6) is 1.55. The van der Waals surface area contributed by atoms with E-state index in [4.69, 9.17) is 0 Å². The molecule has 0 saturated carbocycles. The van der Waals surface area contributed by atoms with Gasteiger partial charge in [-0.1, -0.05) is 58.7 Å². The van der Waals surface area contributed by atoms with Crippen molar-refractivity contribution in [2.45, 2.75) is 77.8 Å². The second-order valence-electron chi connectivity index (χ2n) is 7.76. The number of pyridine rings is 1. The number of rotatable bonds is 11. The molecule has 2 heterocycles. The molecule has 3 aromatic rings. The van der Waals surface area contributed by atoms with Crippen LogP contribution >= 0.6 is 11.9 Å². The van der Waals surface area contributed by atoms with Crippen molar-refractivity contribution in [3.8, 4) is 0 Å². The number of imidazole rings is 1. The lowest BCUT2D eigenvalue weighted by Crippen LogP contribution is -2.25. The molecule has 1 N–H and O–H groups in total. The van der Waals surface area contributed by atoms with Crippen molar-refractivity contribution in [3.05, 3.63) is 66.8 Å². The molecule has 4 nitrogen and oxygen atoms in total. The first-order valence-corrected chi connectivity index (χ1v) is 12.3. The van der Waals surface area contributed by atoms with Gasteiger partial charge in [0.25, 0.3) is 0 Å². The summed E-state index contributed by atoms with van der Waals surface area (Å²) in [5, 5.41) is 0. The molecule has 3 rings (SSSR count). The van der Waals surface area contributed by atoms with Gasteiger partial charge in [-0.25, -0.2) is 4.98 Å². The third kappa shape index (κ3) is 7.51. The number of allylic oxidation sites excluding steroid dienone is 1. The van der Waals surface area contributed by atoms with Crippen molar-refractivity contribution in [2.75, 3.05) is 0 Å². The van der Waals surface area contributed by atoms with Gasteiger partial charge in [0.1, 0.15) is 11.3 Å². The van der Waals surface area contributed by atoms with Gasteiger partial charge < -0.3 is 4.57 Å². The zero-order chi connectivity index (χ0) is 22.6. The summed E-state index contributed by atoms with van der Waals surface area (Å²) < 4.78 is 5.93. The monoisotopic (exact) mass is 438 g/mol. The molecule has 2 aromatic heterocycles. The van der Waals surface area contributed by atoms with Crippen molar-refractivity contribution in [1.82, 2.24) is 19.3 Å². The van der Waals surface area contributed by atoms with Crippen LogP contribution in [-0.4, -0.2) is 20.6 Å². The largest absolute Gasteiger partial charge is 0.324 e. The second-order valence-corrected chi connectivity index (χ2v) is 8.67. The summed E-state index contributed by atoms with van der Waals surface area (Å²) >= 11 is 1.74. The lowest BCUT2D eigenvalue weighted by molar-refractivity contribution is 0.466. The summed E-state index contributed by atoms with van der Waals surface area (Å²) in [6, 6.07) is 11.4. The molecular weight excluding hydrogens is 400 g/mol. The number of aryl methyl sites for hydroxylation is 1. The van der Waals surface area contributed by atoms with Crippen LogP contribution in [0.5, 0.6) is 0 Å². The topological polar surface area (TPSA) is 42.7 Å². The van der Waals surface area contributed by atoms with Gasteiger partial charge in [0, 0.05) is 23.7 Å². The summed E-state index contributed by atoms with van der Waals surface area (Å²) in [6.07, 6.45) is 10.5. The Balaban J connectivity index is 0.00000166. The first-order chi connectivity index (χ1) is 15.1. The Bertz CT molecular complexity index is 917. The van der Waals surface area contributed by atoms with E-state index in [0.717, 1.165) is 29.8 Å². The van der Waals surface area contributed by atoms with Gasteiger partial charge in [-0.05, 0) is 61.4 Å². The molecule has 0 saturated heterocycles. The molecule has 168 valence electrons. The lowest BCUT2D eigenvalue weighted by atomic mass is 9.99. The Labute approximate surface area is 192 Å². The molecule has 2 atom stereocenters. The molecule has 0 amide bonds. The minimum absolute atomic E-state index is 0.515. The van der Waals surface area contributed by atoms with Gasteiger partial charge >= 0.3 is 0 Å². The van der Waals surface area contributed by atoms with Gasteiger partial charge in [-0.15, -0.1) is 6.58 Å². The summed E-state index contributed by atoms with van der Waals surface area (Å²) in [6.45, 7) is 15.3. The molecule has 0 aliphatic carbocycles. The fraction of sp³-hybridized carbons (Fsp3) is 0.462. The van der Waals surface area contributed by atoms with Crippen LogP contribution in [0.2, 0.25) is 0 Å². The van der Waals surface area contributed by atoms with Crippen molar-refractivity contribution < 1.29 is 0 Å². The van der Waals surface area contributed by atoms with Crippen molar-refractivity contribution in [2.24, 2.45) is 5.92 Å². The minimum atomic E-state index is 0.515. The van der Waals surface area contributed by atoms with E-state index in [1.165, 1.54) is 29.7 Å². The second kappa shape index (κ2) is 13.3. The maximum Gasteiger partial charge on any atom is 0.107 e. The van der Waals surface area contributed by atoms with E-state index in [-0.39, 0.29) is 0 Å². The highest BCUT2D eigenvalue weighted by Gasteiger charge is 2.12. The number of fused-ring (bicyclic) bond motifs is 1. The van der Waals surface area contributed by atoms with Gasteiger partial charge in [0.15, 0.2) is 0 Å². The Kier molecular flexibility index (Phi) is 10.8. The van der Waals surface area contributed by atoms with Crippen LogP contribution in [0.1, 0.15) is 64.8 Å². The van der Waals surface area contributed by atoms with Gasteiger partial charge in [-0.3, -0.25) is 9.71 Å². The number of hydrogen-bond donors (Lipinski definition) is 1. The van der Waals surface area contributed by atoms with Crippen LogP contribution in [-0.2, 0) is 6.54 Å². The first kappa shape index (κ1) is 25.2. The fourth-order valence-corrected chi connectivity index (χ4v) is 4.31. The predicted octanol–water partition coefficient (Wildman–Crippen LogP) is 7.18. The van der Waals surface area contributed by atoms with E-state index in [9.17, 15) is 0 Å². The van der Waals surface area contributed by atoms with Gasteiger partial charge in [0.05, 0.1) is 11.7 Å². The van der Waals surface area contributed by atoms with E-state index in [2.05, 4.69) is 76.9 Å². The molecule has 1 aromatic carbocycles. The normalized spacial score (nSPS) is 12.8. The van der Waals surface area contributed by atoms with E-state index in [0.29, 0.717) is 12.0 Å². The number of nitrogens with zero attached hydrogens (tertiary/aromatic N) is 3. The molecule has 31 heavy (non-hydrogen) atoms. The average Bonchev–Trinajstić information content (AvgIpc) is 3.12. The SMILES string of the molecule is C=CC(C)CC(CCCC)NSc1ccc(Cn2c(C)nc3cnccc32)cc1.CC. The minimum Gasteiger partial charge on any atom is -0.324 e. The lowest BCUT2D eigenvalue weighted by Gasteiger charge is -2.20. The van der Waals surface area contributed by atoms with Crippen molar-refractivity contribution >= 4 is 23.0 Å². The van der Waals surface area contributed by atoms with Crippen LogP contribution in [0.3, 0.4) is 0 Å². The Morgan fingerprint density at radius 1 is 1.19 bits per heavy atom. The number of nitrogens with one attached hydrogen (secondary N) is 1. The molecular formula is C26H38N4S. The zero-order valence-electron chi connectivity index (χ0n) is 19.8. The van der Waals surface area contributed by atoms with Crippen LogP contribution in [0, 0.1) is 12.8 Å². The number of unbranched alkanes of at least 4 members (excludes halogenated alkanes) is 1. The van der Waals surface area contributed by atoms with Crippen LogP contribution in [0.15, 0.2) is 60.3 Å². The maximum atomic E-state index is 4.61. The van der Waals surface area contributed by atoms with Gasteiger partial charge in [0.2, 0.25) is 0 Å². The van der Waals surface area contributed by atoms with E-state index in [1.54, 1.807) is 11.9 Å². The zero-order valence-corrected chi connectivity index (χ0v) is 20.6. The Hall–Kier alpha value is -2.11. The van der Waals surface area contributed by atoms with Crippen LogP contribution in [0.25, 0.3) is 11.0 Å². The van der Waals surface area contributed by atoms with Crippen LogP contribution < -0.4 is 4.72 Å². The number of aromatic nitrogens is 3. The third-order valence-electron chi connectivity index (χ3n) is 5.31. The summed E-state index contributed by atoms with van der Waals surface area (Å²) in [5.41, 5.74) is 3.36. The Morgan fingerprint density at radius 3 is 2.61 bits per heavy atom. The summed E-state index contributed by atoms with van der Waals surface area (Å²) in [4.78, 5) is 10.0. The third-order valence-corrected chi connectivity index (χ3v) is 6.27. The smallest absolute Gasteiger partial charge is 0.107 e. The average molecular weight is 439 g/mol. The Morgan fingerprint density at radius 2 is 1.94 bits per heavy atom. The molecule has 0 aliphatic rings. The molecule has 0 bridgehead atoms.